The quantitative estimate of drug-likeness (QED) is 0.825. The largest absolute Gasteiger partial charge is 0.481 e. The van der Waals surface area contributed by atoms with E-state index < -0.39 is 6.10 Å². The summed E-state index contributed by atoms with van der Waals surface area (Å²) in [5.41, 5.74) is 0. The molecule has 1 heterocycles. The monoisotopic (exact) mass is 355 g/mol. The summed E-state index contributed by atoms with van der Waals surface area (Å²) in [6.45, 7) is 5.77. The Morgan fingerprint density at radius 2 is 2.04 bits per heavy atom. The van der Waals surface area contributed by atoms with Crippen molar-refractivity contribution in [2.24, 2.45) is 0 Å². The molecule has 0 bridgehead atoms. The van der Waals surface area contributed by atoms with Gasteiger partial charge >= 0.3 is 0 Å². The van der Waals surface area contributed by atoms with Gasteiger partial charge in [-0.2, -0.15) is 5.10 Å². The number of carbonyl (C=O) groups is 1. The molecule has 2 atom stereocenters. The summed E-state index contributed by atoms with van der Waals surface area (Å²) in [6.07, 6.45) is 1.89. The molecular formula is C16H19Cl2N3O2. The molecule has 1 aromatic carbocycles. The number of nitrogens with zero attached hydrogens (tertiary/aromatic N) is 2. The van der Waals surface area contributed by atoms with Gasteiger partial charge in [-0.05, 0) is 32.4 Å². The molecule has 1 aromatic heterocycles. The predicted octanol–water partition coefficient (Wildman–Crippen LogP) is 4.57. The maximum Gasteiger partial charge on any atom is 0.266 e. The van der Waals surface area contributed by atoms with E-state index in [0.29, 0.717) is 21.6 Å². The third-order valence-electron chi connectivity index (χ3n) is 3.50. The normalized spacial score (nSPS) is 13.4. The molecule has 0 aliphatic rings. The highest BCUT2D eigenvalue weighted by Crippen LogP contribution is 2.27. The van der Waals surface area contributed by atoms with Crippen LogP contribution in [0.25, 0.3) is 0 Å². The molecule has 0 aliphatic carbocycles. The van der Waals surface area contributed by atoms with E-state index in [4.69, 9.17) is 27.9 Å². The van der Waals surface area contributed by atoms with Crippen molar-refractivity contribution in [3.8, 4) is 5.75 Å². The average molecular weight is 356 g/mol. The van der Waals surface area contributed by atoms with Gasteiger partial charge in [-0.15, -0.1) is 0 Å². The second-order valence-electron chi connectivity index (χ2n) is 5.24. The van der Waals surface area contributed by atoms with Gasteiger partial charge in [0.1, 0.15) is 11.6 Å². The lowest BCUT2D eigenvalue weighted by Crippen LogP contribution is -2.31. The van der Waals surface area contributed by atoms with Crippen LogP contribution in [0.1, 0.15) is 33.2 Å². The number of benzene rings is 1. The Morgan fingerprint density at radius 1 is 1.30 bits per heavy atom. The van der Waals surface area contributed by atoms with Gasteiger partial charge in [0, 0.05) is 12.1 Å². The predicted molar refractivity (Wildman–Crippen MR) is 92.4 cm³/mol. The number of carbonyl (C=O) groups excluding carboxylic acids is 1. The fraction of sp³-hybridized carbons (Fsp3) is 0.375. The molecule has 0 unspecified atom stereocenters. The molecule has 7 heteroatoms. The van der Waals surface area contributed by atoms with Crippen molar-refractivity contribution in [3.05, 3.63) is 40.5 Å². The van der Waals surface area contributed by atoms with Crippen molar-refractivity contribution in [3.63, 3.8) is 0 Å². The second-order valence-corrected chi connectivity index (χ2v) is 6.06. The fourth-order valence-electron chi connectivity index (χ4n) is 1.97. The van der Waals surface area contributed by atoms with Crippen molar-refractivity contribution < 1.29 is 9.53 Å². The Hall–Kier alpha value is -1.72. The first-order chi connectivity index (χ1) is 10.9. The fourth-order valence-corrected chi connectivity index (χ4v) is 2.26. The smallest absolute Gasteiger partial charge is 0.266 e. The maximum absolute atomic E-state index is 12.3. The van der Waals surface area contributed by atoms with Gasteiger partial charge in [-0.25, -0.2) is 4.68 Å². The van der Waals surface area contributed by atoms with E-state index >= 15 is 0 Å². The Kier molecular flexibility index (Phi) is 5.91. The summed E-state index contributed by atoms with van der Waals surface area (Å²) in [6, 6.07) is 6.84. The van der Waals surface area contributed by atoms with Crippen LogP contribution in [0.2, 0.25) is 10.0 Å². The van der Waals surface area contributed by atoms with Crippen LogP contribution in [-0.2, 0) is 4.79 Å². The zero-order chi connectivity index (χ0) is 17.0. The molecule has 0 spiro atoms. The molecule has 0 radical (unpaired) electrons. The Labute approximate surface area is 145 Å². The lowest BCUT2D eigenvalue weighted by Gasteiger charge is -2.17. The number of amides is 1. The van der Waals surface area contributed by atoms with Crippen LogP contribution in [0.4, 0.5) is 5.82 Å². The number of nitrogens with one attached hydrogen (secondary N) is 1. The van der Waals surface area contributed by atoms with Gasteiger partial charge in [0.25, 0.3) is 5.91 Å². The minimum atomic E-state index is -0.687. The summed E-state index contributed by atoms with van der Waals surface area (Å²) < 4.78 is 7.38. The lowest BCUT2D eigenvalue weighted by atomic mass is 10.3. The van der Waals surface area contributed by atoms with Crippen molar-refractivity contribution in [1.82, 2.24) is 9.78 Å². The van der Waals surface area contributed by atoms with Gasteiger partial charge in [-0.3, -0.25) is 4.79 Å². The molecule has 0 aliphatic heterocycles. The third-order valence-corrected chi connectivity index (χ3v) is 4.24. The average Bonchev–Trinajstić information content (AvgIpc) is 2.98. The van der Waals surface area contributed by atoms with Crippen LogP contribution in [0.5, 0.6) is 5.75 Å². The van der Waals surface area contributed by atoms with Gasteiger partial charge < -0.3 is 10.1 Å². The van der Waals surface area contributed by atoms with E-state index in [9.17, 15) is 4.79 Å². The summed E-state index contributed by atoms with van der Waals surface area (Å²) in [4.78, 5) is 12.3. The van der Waals surface area contributed by atoms with E-state index in [1.54, 1.807) is 42.1 Å². The summed E-state index contributed by atoms with van der Waals surface area (Å²) >= 11 is 11.8. The van der Waals surface area contributed by atoms with Crippen molar-refractivity contribution >= 4 is 34.9 Å². The molecule has 0 saturated heterocycles. The van der Waals surface area contributed by atoms with E-state index in [1.165, 1.54) is 0 Å². The number of hydrogen-bond donors (Lipinski definition) is 1. The van der Waals surface area contributed by atoms with Gasteiger partial charge in [0.15, 0.2) is 6.10 Å². The van der Waals surface area contributed by atoms with Crippen LogP contribution in [-0.4, -0.2) is 21.8 Å². The topological polar surface area (TPSA) is 56.2 Å². The van der Waals surface area contributed by atoms with Crippen molar-refractivity contribution in [2.75, 3.05) is 5.32 Å². The zero-order valence-electron chi connectivity index (χ0n) is 13.2. The van der Waals surface area contributed by atoms with Crippen LogP contribution < -0.4 is 10.1 Å². The summed E-state index contributed by atoms with van der Waals surface area (Å²) in [5.74, 6) is 0.868. The Morgan fingerprint density at radius 3 is 2.70 bits per heavy atom. The van der Waals surface area contributed by atoms with E-state index in [0.717, 1.165) is 6.42 Å². The summed E-state index contributed by atoms with van der Waals surface area (Å²) in [7, 11) is 0. The van der Waals surface area contributed by atoms with Crippen LogP contribution >= 0.6 is 23.2 Å². The van der Waals surface area contributed by atoms with E-state index in [-0.39, 0.29) is 11.9 Å². The third kappa shape index (κ3) is 4.39. The molecule has 1 N–H and O–H groups in total. The molecule has 2 rings (SSSR count). The number of rotatable bonds is 6. The van der Waals surface area contributed by atoms with Gasteiger partial charge in [0.2, 0.25) is 0 Å². The number of hydrogen-bond acceptors (Lipinski definition) is 3. The Bertz CT molecular complexity index is 688. The molecule has 0 fully saturated rings. The first kappa shape index (κ1) is 17.6. The van der Waals surface area contributed by atoms with Gasteiger partial charge in [0.05, 0.1) is 22.3 Å². The number of aromatic nitrogens is 2. The molecule has 23 heavy (non-hydrogen) atoms. The van der Waals surface area contributed by atoms with Crippen LogP contribution in [0.3, 0.4) is 0 Å². The van der Waals surface area contributed by atoms with Crippen LogP contribution in [0.15, 0.2) is 30.5 Å². The standard InChI is InChI=1S/C16H19Cl2N3O2/c1-4-10(2)21-15(7-8-19-21)20-16(22)11(3)23-12-5-6-13(17)14(18)9-12/h5-11H,4H2,1-3H3,(H,20,22)/t10-,11+/m0/s1. The molecule has 0 saturated carbocycles. The molecule has 5 nitrogen and oxygen atoms in total. The number of anilines is 1. The van der Waals surface area contributed by atoms with Crippen molar-refractivity contribution in [2.45, 2.75) is 39.3 Å². The first-order valence-electron chi connectivity index (χ1n) is 7.38. The van der Waals surface area contributed by atoms with Gasteiger partial charge in [-0.1, -0.05) is 30.1 Å². The highest BCUT2D eigenvalue weighted by atomic mass is 35.5. The van der Waals surface area contributed by atoms with Crippen LogP contribution in [0, 0.1) is 0 Å². The first-order valence-corrected chi connectivity index (χ1v) is 8.14. The highest BCUT2D eigenvalue weighted by molar-refractivity contribution is 6.42. The lowest BCUT2D eigenvalue weighted by molar-refractivity contribution is -0.122. The molecule has 2 aromatic rings. The number of halogens is 2. The van der Waals surface area contributed by atoms with E-state index in [1.807, 2.05) is 6.92 Å². The second kappa shape index (κ2) is 7.70. The zero-order valence-corrected chi connectivity index (χ0v) is 14.7. The van der Waals surface area contributed by atoms with E-state index in [2.05, 4.69) is 17.3 Å². The minimum absolute atomic E-state index is 0.201. The SMILES string of the molecule is CC[C@H](C)n1nccc1NC(=O)[C@@H](C)Oc1ccc(Cl)c(Cl)c1. The summed E-state index contributed by atoms with van der Waals surface area (Å²) in [5, 5.41) is 7.88. The molecular weight excluding hydrogens is 337 g/mol. The number of ether oxygens (including phenoxy) is 1. The Balaban J connectivity index is 2.03. The minimum Gasteiger partial charge on any atom is -0.481 e. The highest BCUT2D eigenvalue weighted by Gasteiger charge is 2.18. The molecule has 1 amide bonds. The molecule has 124 valence electrons. The maximum atomic E-state index is 12.3. The van der Waals surface area contributed by atoms with Crippen molar-refractivity contribution in [1.29, 1.82) is 0 Å².